The molecule has 0 spiro atoms. The van der Waals surface area contributed by atoms with Crippen LogP contribution in [0.25, 0.3) is 11.2 Å². The number of anilines is 2. The second-order valence-corrected chi connectivity index (χ2v) is 3.48. The minimum absolute atomic E-state index is 0.283. The van der Waals surface area contributed by atoms with E-state index >= 15 is 0 Å². The zero-order chi connectivity index (χ0) is 11.7. The van der Waals surface area contributed by atoms with Crippen molar-refractivity contribution in [3.05, 3.63) is 48.4 Å². The van der Waals surface area contributed by atoms with Crippen molar-refractivity contribution in [3.63, 3.8) is 0 Å². The third-order valence-electron chi connectivity index (χ3n) is 2.26. The number of halogens is 1. The predicted octanol–water partition coefficient (Wildman–Crippen LogP) is 3.11. The first-order chi connectivity index (χ1) is 8.31. The summed E-state index contributed by atoms with van der Waals surface area (Å²) < 4.78 is 18.1. The Kier molecular flexibility index (Phi) is 2.22. The molecular weight excluding hydrogens is 221 g/mol. The van der Waals surface area contributed by atoms with Crippen molar-refractivity contribution in [2.24, 2.45) is 0 Å². The number of benzene rings is 1. The van der Waals surface area contributed by atoms with Gasteiger partial charge in [0, 0.05) is 11.9 Å². The molecule has 3 aromatic rings. The number of hydrogen-bond donors (Lipinski definition) is 1. The van der Waals surface area contributed by atoms with Crippen LogP contribution in [0.4, 0.5) is 16.1 Å². The molecule has 0 saturated carbocycles. The first-order valence-electron chi connectivity index (χ1n) is 5.05. The van der Waals surface area contributed by atoms with Crippen molar-refractivity contribution in [1.82, 2.24) is 9.97 Å². The number of nitrogens with zero attached hydrogens (tertiary/aromatic N) is 2. The highest BCUT2D eigenvalue weighted by molar-refractivity contribution is 5.70. The van der Waals surface area contributed by atoms with Crippen LogP contribution in [0.1, 0.15) is 0 Å². The molecule has 0 amide bonds. The Bertz CT molecular complexity index is 615. The molecule has 0 aliphatic heterocycles. The van der Waals surface area contributed by atoms with Gasteiger partial charge in [-0.2, -0.15) is 4.98 Å². The lowest BCUT2D eigenvalue weighted by molar-refractivity contribution is 0.621. The third kappa shape index (κ3) is 1.94. The maximum atomic E-state index is 12.7. The summed E-state index contributed by atoms with van der Waals surface area (Å²) >= 11 is 0. The van der Waals surface area contributed by atoms with Crippen LogP contribution in [0, 0.1) is 5.82 Å². The van der Waals surface area contributed by atoms with Gasteiger partial charge < -0.3 is 9.73 Å². The SMILES string of the molecule is Fc1ccc(Nc2nc3ncccc3o2)cc1. The zero-order valence-corrected chi connectivity index (χ0v) is 8.72. The summed E-state index contributed by atoms with van der Waals surface area (Å²) in [5.74, 6) is -0.283. The van der Waals surface area contributed by atoms with Gasteiger partial charge in [-0.3, -0.25) is 0 Å². The van der Waals surface area contributed by atoms with E-state index in [4.69, 9.17) is 4.42 Å². The molecule has 4 nitrogen and oxygen atoms in total. The molecule has 84 valence electrons. The van der Waals surface area contributed by atoms with E-state index in [1.165, 1.54) is 12.1 Å². The fourth-order valence-corrected chi connectivity index (χ4v) is 1.48. The van der Waals surface area contributed by atoms with Gasteiger partial charge in [0.2, 0.25) is 5.65 Å². The lowest BCUT2D eigenvalue weighted by atomic mass is 10.3. The predicted molar refractivity (Wildman–Crippen MR) is 61.5 cm³/mol. The minimum Gasteiger partial charge on any atom is -0.422 e. The van der Waals surface area contributed by atoms with Crippen LogP contribution in [-0.2, 0) is 0 Å². The Hall–Kier alpha value is -2.43. The molecule has 0 fully saturated rings. The van der Waals surface area contributed by atoms with Crippen LogP contribution >= 0.6 is 0 Å². The summed E-state index contributed by atoms with van der Waals surface area (Å²) in [7, 11) is 0. The van der Waals surface area contributed by atoms with Gasteiger partial charge >= 0.3 is 6.01 Å². The molecule has 5 heteroatoms. The van der Waals surface area contributed by atoms with Crippen LogP contribution in [0.15, 0.2) is 47.0 Å². The first kappa shape index (κ1) is 9.77. The van der Waals surface area contributed by atoms with Gasteiger partial charge in [-0.1, -0.05) is 0 Å². The molecule has 1 N–H and O–H groups in total. The lowest BCUT2D eigenvalue weighted by Gasteiger charge is -1.99. The highest BCUT2D eigenvalue weighted by Gasteiger charge is 2.05. The van der Waals surface area contributed by atoms with Crippen LogP contribution in [0.5, 0.6) is 0 Å². The molecule has 17 heavy (non-hydrogen) atoms. The number of nitrogens with one attached hydrogen (secondary N) is 1. The third-order valence-corrected chi connectivity index (χ3v) is 2.26. The molecule has 0 saturated heterocycles. The van der Waals surface area contributed by atoms with Gasteiger partial charge in [-0.15, -0.1) is 0 Å². The molecular formula is C12H8FN3O. The van der Waals surface area contributed by atoms with Crippen molar-refractivity contribution in [2.45, 2.75) is 0 Å². The number of fused-ring (bicyclic) bond motifs is 1. The molecule has 2 heterocycles. The molecule has 0 radical (unpaired) electrons. The Morgan fingerprint density at radius 2 is 1.94 bits per heavy atom. The van der Waals surface area contributed by atoms with Crippen LogP contribution in [0.3, 0.4) is 0 Å². The summed E-state index contributed by atoms with van der Waals surface area (Å²) in [5.41, 5.74) is 1.85. The number of aromatic nitrogens is 2. The molecule has 0 aliphatic rings. The fourth-order valence-electron chi connectivity index (χ4n) is 1.48. The van der Waals surface area contributed by atoms with E-state index in [1.54, 1.807) is 30.5 Å². The molecule has 0 bridgehead atoms. The molecule has 0 atom stereocenters. The van der Waals surface area contributed by atoms with Gasteiger partial charge in [0.15, 0.2) is 5.58 Å². The van der Waals surface area contributed by atoms with E-state index in [1.807, 2.05) is 0 Å². The normalized spacial score (nSPS) is 10.6. The number of hydrogen-bond acceptors (Lipinski definition) is 4. The van der Waals surface area contributed by atoms with Crippen molar-refractivity contribution >= 4 is 22.9 Å². The van der Waals surface area contributed by atoms with E-state index in [-0.39, 0.29) is 5.82 Å². The Morgan fingerprint density at radius 3 is 2.71 bits per heavy atom. The van der Waals surface area contributed by atoms with Gasteiger partial charge in [-0.25, -0.2) is 9.37 Å². The maximum absolute atomic E-state index is 12.7. The summed E-state index contributed by atoms with van der Waals surface area (Å²) in [6.07, 6.45) is 1.65. The second-order valence-electron chi connectivity index (χ2n) is 3.48. The lowest BCUT2D eigenvalue weighted by Crippen LogP contribution is -1.89. The van der Waals surface area contributed by atoms with Crippen molar-refractivity contribution in [2.75, 3.05) is 5.32 Å². The second kappa shape index (κ2) is 3.86. The van der Waals surface area contributed by atoms with Crippen molar-refractivity contribution in [1.29, 1.82) is 0 Å². The summed E-state index contributed by atoms with van der Waals surface area (Å²) in [5, 5.41) is 2.94. The molecule has 2 aromatic heterocycles. The Balaban J connectivity index is 1.92. The van der Waals surface area contributed by atoms with E-state index in [0.717, 1.165) is 0 Å². The average molecular weight is 229 g/mol. The average Bonchev–Trinajstić information content (AvgIpc) is 2.74. The topological polar surface area (TPSA) is 51.0 Å². The monoisotopic (exact) mass is 229 g/mol. The van der Waals surface area contributed by atoms with E-state index in [9.17, 15) is 4.39 Å². The van der Waals surface area contributed by atoms with Crippen LogP contribution < -0.4 is 5.32 Å². The minimum atomic E-state index is -0.283. The quantitative estimate of drug-likeness (QED) is 0.733. The molecule has 0 unspecified atom stereocenters. The number of rotatable bonds is 2. The number of oxazole rings is 1. The Labute approximate surface area is 96.1 Å². The first-order valence-corrected chi connectivity index (χ1v) is 5.05. The summed E-state index contributed by atoms with van der Waals surface area (Å²) in [4.78, 5) is 8.20. The molecule has 3 rings (SSSR count). The standard InChI is InChI=1S/C12H8FN3O/c13-8-3-5-9(6-4-8)15-12-16-11-10(17-12)2-1-7-14-11/h1-7H,(H,14,15,16). The zero-order valence-electron chi connectivity index (χ0n) is 8.72. The molecule has 1 aromatic carbocycles. The van der Waals surface area contributed by atoms with Crippen molar-refractivity contribution in [3.8, 4) is 0 Å². The fraction of sp³-hybridized carbons (Fsp3) is 0. The maximum Gasteiger partial charge on any atom is 0.301 e. The van der Waals surface area contributed by atoms with Gasteiger partial charge in [0.1, 0.15) is 5.82 Å². The van der Waals surface area contributed by atoms with E-state index < -0.39 is 0 Å². The number of pyridine rings is 1. The van der Waals surface area contributed by atoms with Gasteiger partial charge in [0.05, 0.1) is 0 Å². The summed E-state index contributed by atoms with van der Waals surface area (Å²) in [6.45, 7) is 0. The van der Waals surface area contributed by atoms with Crippen LogP contribution in [0.2, 0.25) is 0 Å². The van der Waals surface area contributed by atoms with Gasteiger partial charge in [-0.05, 0) is 36.4 Å². The van der Waals surface area contributed by atoms with Crippen LogP contribution in [-0.4, -0.2) is 9.97 Å². The highest BCUT2D eigenvalue weighted by Crippen LogP contribution is 2.20. The van der Waals surface area contributed by atoms with Crippen molar-refractivity contribution < 1.29 is 8.81 Å². The van der Waals surface area contributed by atoms with Gasteiger partial charge in [0.25, 0.3) is 0 Å². The Morgan fingerprint density at radius 1 is 1.12 bits per heavy atom. The highest BCUT2D eigenvalue weighted by atomic mass is 19.1. The smallest absolute Gasteiger partial charge is 0.301 e. The largest absolute Gasteiger partial charge is 0.422 e. The summed E-state index contributed by atoms with van der Waals surface area (Å²) in [6, 6.07) is 9.84. The van der Waals surface area contributed by atoms with E-state index in [2.05, 4.69) is 15.3 Å². The molecule has 0 aliphatic carbocycles. The van der Waals surface area contributed by atoms with E-state index in [0.29, 0.717) is 22.9 Å².